The van der Waals surface area contributed by atoms with Crippen LogP contribution in [-0.2, 0) is 11.3 Å². The van der Waals surface area contributed by atoms with E-state index in [-0.39, 0.29) is 6.61 Å². The number of hydrogen-bond donors (Lipinski definition) is 0. The Labute approximate surface area is 131 Å². The van der Waals surface area contributed by atoms with E-state index in [0.717, 1.165) is 24.2 Å². The van der Waals surface area contributed by atoms with Gasteiger partial charge in [0.1, 0.15) is 0 Å². The summed E-state index contributed by atoms with van der Waals surface area (Å²) < 4.78 is 15.6. The zero-order valence-corrected chi connectivity index (χ0v) is 12.8. The van der Waals surface area contributed by atoms with Gasteiger partial charge in [-0.2, -0.15) is 0 Å². The average Bonchev–Trinajstić information content (AvgIpc) is 3.22. The summed E-state index contributed by atoms with van der Waals surface area (Å²) in [5, 5.41) is 8.28. The molecule has 0 aliphatic heterocycles. The summed E-state index contributed by atoms with van der Waals surface area (Å²) in [5.74, 6) is 0.457. The van der Waals surface area contributed by atoms with Gasteiger partial charge < -0.3 is 13.8 Å². The number of ether oxygens (including phenoxy) is 1. The molecule has 4 rings (SSSR count). The van der Waals surface area contributed by atoms with Gasteiger partial charge in [0.2, 0.25) is 0 Å². The molecule has 3 aromatic heterocycles. The summed E-state index contributed by atoms with van der Waals surface area (Å²) in [6, 6.07) is 3.52. The number of rotatable bonds is 4. The number of hydrogen-bond acceptors (Lipinski definition) is 7. The molecule has 1 aliphatic rings. The SMILES string of the molecule is Cc1cc(COC(=O)c2cc(C3CC3)nc3onc(C)c23)on1. The Kier molecular flexibility index (Phi) is 3.14. The van der Waals surface area contributed by atoms with E-state index >= 15 is 0 Å². The van der Waals surface area contributed by atoms with Crippen molar-refractivity contribution in [3.8, 4) is 0 Å². The van der Waals surface area contributed by atoms with Crippen molar-refractivity contribution in [1.82, 2.24) is 15.3 Å². The van der Waals surface area contributed by atoms with E-state index in [9.17, 15) is 4.79 Å². The molecular weight excluding hydrogens is 298 g/mol. The number of pyridine rings is 1. The van der Waals surface area contributed by atoms with Gasteiger partial charge in [-0.3, -0.25) is 0 Å². The zero-order valence-electron chi connectivity index (χ0n) is 12.8. The Morgan fingerprint density at radius 1 is 1.26 bits per heavy atom. The quantitative estimate of drug-likeness (QED) is 0.683. The van der Waals surface area contributed by atoms with Crippen molar-refractivity contribution in [3.05, 3.63) is 40.5 Å². The first kappa shape index (κ1) is 13.9. The van der Waals surface area contributed by atoms with Crippen LogP contribution in [0.2, 0.25) is 0 Å². The number of aromatic nitrogens is 3. The summed E-state index contributed by atoms with van der Waals surface area (Å²) in [7, 11) is 0. The van der Waals surface area contributed by atoms with Crippen molar-refractivity contribution in [3.63, 3.8) is 0 Å². The lowest BCUT2D eigenvalue weighted by molar-refractivity contribution is 0.0439. The van der Waals surface area contributed by atoms with Crippen LogP contribution in [-0.4, -0.2) is 21.3 Å². The first-order chi connectivity index (χ1) is 11.1. The van der Waals surface area contributed by atoms with E-state index in [2.05, 4.69) is 15.3 Å². The monoisotopic (exact) mass is 313 g/mol. The highest BCUT2D eigenvalue weighted by atomic mass is 16.5. The molecule has 0 spiro atoms. The van der Waals surface area contributed by atoms with Gasteiger partial charge in [0.15, 0.2) is 12.4 Å². The van der Waals surface area contributed by atoms with Crippen molar-refractivity contribution >= 4 is 17.1 Å². The van der Waals surface area contributed by atoms with Crippen LogP contribution in [0, 0.1) is 13.8 Å². The molecule has 0 radical (unpaired) electrons. The first-order valence-electron chi connectivity index (χ1n) is 7.48. The Morgan fingerprint density at radius 2 is 2.09 bits per heavy atom. The number of carbonyl (C=O) groups excluding carboxylic acids is 1. The number of carbonyl (C=O) groups is 1. The van der Waals surface area contributed by atoms with Gasteiger partial charge in [0, 0.05) is 17.7 Å². The molecule has 0 N–H and O–H groups in total. The minimum atomic E-state index is -0.445. The van der Waals surface area contributed by atoms with E-state index in [0.29, 0.717) is 34.0 Å². The van der Waals surface area contributed by atoms with Crippen LogP contribution in [0.4, 0.5) is 0 Å². The van der Waals surface area contributed by atoms with Crippen molar-refractivity contribution in [2.24, 2.45) is 0 Å². The highest BCUT2D eigenvalue weighted by Gasteiger charge is 2.29. The van der Waals surface area contributed by atoms with E-state index in [1.807, 2.05) is 6.92 Å². The van der Waals surface area contributed by atoms with Crippen LogP contribution < -0.4 is 0 Å². The van der Waals surface area contributed by atoms with Crippen LogP contribution in [0.5, 0.6) is 0 Å². The summed E-state index contributed by atoms with van der Waals surface area (Å²) in [6.07, 6.45) is 2.16. The minimum absolute atomic E-state index is 0.0343. The van der Waals surface area contributed by atoms with Crippen LogP contribution >= 0.6 is 0 Å². The summed E-state index contributed by atoms with van der Waals surface area (Å²) in [4.78, 5) is 17.0. The largest absolute Gasteiger partial charge is 0.454 e. The fourth-order valence-corrected chi connectivity index (χ4v) is 2.56. The third-order valence-electron chi connectivity index (χ3n) is 3.87. The van der Waals surface area contributed by atoms with Crippen molar-refractivity contribution in [1.29, 1.82) is 0 Å². The van der Waals surface area contributed by atoms with E-state index < -0.39 is 5.97 Å². The normalized spacial score (nSPS) is 14.3. The predicted octanol–water partition coefficient (Wildman–Crippen LogP) is 3.06. The summed E-state index contributed by atoms with van der Waals surface area (Å²) in [5.41, 5.74) is 3.04. The Bertz CT molecular complexity index is 892. The lowest BCUT2D eigenvalue weighted by Gasteiger charge is -2.06. The summed E-state index contributed by atoms with van der Waals surface area (Å²) in [6.45, 7) is 3.62. The molecule has 0 bridgehead atoms. The van der Waals surface area contributed by atoms with Crippen LogP contribution in [0.25, 0.3) is 11.1 Å². The Hall–Kier alpha value is -2.70. The lowest BCUT2D eigenvalue weighted by Crippen LogP contribution is -2.07. The van der Waals surface area contributed by atoms with E-state index in [4.69, 9.17) is 13.8 Å². The first-order valence-corrected chi connectivity index (χ1v) is 7.48. The zero-order chi connectivity index (χ0) is 16.0. The van der Waals surface area contributed by atoms with Gasteiger partial charge in [0.25, 0.3) is 5.71 Å². The highest BCUT2D eigenvalue weighted by Crippen LogP contribution is 2.40. The van der Waals surface area contributed by atoms with Gasteiger partial charge in [-0.15, -0.1) is 0 Å². The van der Waals surface area contributed by atoms with Gasteiger partial charge >= 0.3 is 5.97 Å². The second kappa shape index (κ2) is 5.19. The second-order valence-electron chi connectivity index (χ2n) is 5.83. The highest BCUT2D eigenvalue weighted by molar-refractivity contribution is 6.03. The van der Waals surface area contributed by atoms with Crippen LogP contribution in [0.1, 0.15) is 52.0 Å². The van der Waals surface area contributed by atoms with Crippen LogP contribution in [0.3, 0.4) is 0 Å². The third-order valence-corrected chi connectivity index (χ3v) is 3.87. The van der Waals surface area contributed by atoms with Crippen molar-refractivity contribution < 1.29 is 18.6 Å². The van der Waals surface area contributed by atoms with E-state index in [1.54, 1.807) is 19.1 Å². The lowest BCUT2D eigenvalue weighted by atomic mass is 10.1. The summed E-state index contributed by atoms with van der Waals surface area (Å²) >= 11 is 0. The average molecular weight is 313 g/mol. The van der Waals surface area contributed by atoms with Gasteiger partial charge in [-0.05, 0) is 32.8 Å². The molecule has 118 valence electrons. The number of nitrogens with zero attached hydrogens (tertiary/aromatic N) is 3. The number of esters is 1. The molecule has 0 amide bonds. The molecule has 1 aliphatic carbocycles. The Morgan fingerprint density at radius 3 is 2.78 bits per heavy atom. The standard InChI is InChI=1S/C16H15N3O4/c1-8-5-11(22-18-8)7-21-16(20)12-6-13(10-3-4-10)17-15-14(12)9(2)19-23-15/h5-6,10H,3-4,7H2,1-2H3. The maximum Gasteiger partial charge on any atom is 0.339 e. The van der Waals surface area contributed by atoms with Gasteiger partial charge in [-0.25, -0.2) is 9.78 Å². The predicted molar refractivity (Wildman–Crippen MR) is 78.9 cm³/mol. The van der Waals surface area contributed by atoms with Gasteiger partial charge in [-0.1, -0.05) is 10.3 Å². The fourth-order valence-electron chi connectivity index (χ4n) is 2.56. The number of fused-ring (bicyclic) bond motifs is 1. The molecule has 7 heteroatoms. The number of aryl methyl sites for hydroxylation is 2. The van der Waals surface area contributed by atoms with Gasteiger partial charge in [0.05, 0.1) is 22.3 Å². The molecule has 3 aromatic rings. The topological polar surface area (TPSA) is 91.2 Å². The third kappa shape index (κ3) is 2.58. The maximum atomic E-state index is 12.5. The molecule has 3 heterocycles. The molecule has 23 heavy (non-hydrogen) atoms. The molecule has 1 fully saturated rings. The molecule has 1 saturated carbocycles. The second-order valence-corrected chi connectivity index (χ2v) is 5.83. The molecule has 7 nitrogen and oxygen atoms in total. The van der Waals surface area contributed by atoms with Crippen molar-refractivity contribution in [2.45, 2.75) is 39.2 Å². The maximum absolute atomic E-state index is 12.5. The smallest absolute Gasteiger partial charge is 0.339 e. The minimum Gasteiger partial charge on any atom is -0.454 e. The van der Waals surface area contributed by atoms with Crippen molar-refractivity contribution in [2.75, 3.05) is 0 Å². The molecule has 0 saturated heterocycles. The molecule has 0 unspecified atom stereocenters. The fraction of sp³-hybridized carbons (Fsp3) is 0.375. The van der Waals surface area contributed by atoms with Crippen LogP contribution in [0.15, 0.2) is 21.2 Å². The molecule has 0 atom stereocenters. The Balaban J connectivity index is 1.65. The molecule has 0 aromatic carbocycles. The molecular formula is C16H15N3O4. The van der Waals surface area contributed by atoms with E-state index in [1.165, 1.54) is 0 Å².